The highest BCUT2D eigenvalue weighted by molar-refractivity contribution is 5.25. The minimum absolute atomic E-state index is 0.513. The molecule has 1 aliphatic heterocycles. The second kappa shape index (κ2) is 4.41. The van der Waals surface area contributed by atoms with E-state index >= 15 is 0 Å². The van der Waals surface area contributed by atoms with E-state index in [-0.39, 0.29) is 0 Å². The van der Waals surface area contributed by atoms with Crippen molar-refractivity contribution in [1.29, 1.82) is 5.26 Å². The lowest BCUT2D eigenvalue weighted by Crippen LogP contribution is -2.26. The standard InChI is InChI=1S/C12H15N3/c1-10-3-2-6-15(10)9-11-4-5-14-12(7-11)8-13/h4-5,7,10H,2-3,6,9H2,1H3. The average Bonchev–Trinajstić information content (AvgIpc) is 2.65. The summed E-state index contributed by atoms with van der Waals surface area (Å²) in [5.41, 5.74) is 1.70. The fourth-order valence-corrected chi connectivity index (χ4v) is 2.10. The Hall–Kier alpha value is -1.40. The summed E-state index contributed by atoms with van der Waals surface area (Å²) in [5.74, 6) is 0. The van der Waals surface area contributed by atoms with Gasteiger partial charge in [-0.25, -0.2) is 4.98 Å². The lowest BCUT2D eigenvalue weighted by molar-refractivity contribution is 0.260. The first-order chi connectivity index (χ1) is 7.29. The molecular formula is C12H15N3. The summed E-state index contributed by atoms with van der Waals surface area (Å²) in [4.78, 5) is 6.43. The van der Waals surface area contributed by atoms with Crippen LogP contribution in [0.1, 0.15) is 31.0 Å². The molecule has 0 aromatic carbocycles. The first-order valence-electron chi connectivity index (χ1n) is 5.38. The van der Waals surface area contributed by atoms with Crippen molar-refractivity contribution < 1.29 is 0 Å². The highest BCUT2D eigenvalue weighted by atomic mass is 15.2. The Labute approximate surface area is 90.4 Å². The van der Waals surface area contributed by atoms with E-state index in [1.165, 1.54) is 24.9 Å². The van der Waals surface area contributed by atoms with Crippen molar-refractivity contribution in [1.82, 2.24) is 9.88 Å². The number of hydrogen-bond acceptors (Lipinski definition) is 3. The Morgan fingerprint density at radius 1 is 1.67 bits per heavy atom. The summed E-state index contributed by atoms with van der Waals surface area (Å²) in [5, 5.41) is 8.75. The van der Waals surface area contributed by atoms with Crippen LogP contribution in [0.4, 0.5) is 0 Å². The molecule has 0 saturated carbocycles. The number of rotatable bonds is 2. The van der Waals surface area contributed by atoms with Crippen molar-refractivity contribution in [3.05, 3.63) is 29.6 Å². The highest BCUT2D eigenvalue weighted by Crippen LogP contribution is 2.19. The molecule has 1 aromatic heterocycles. The molecule has 1 atom stereocenters. The van der Waals surface area contributed by atoms with E-state index in [0.29, 0.717) is 11.7 Å². The van der Waals surface area contributed by atoms with Crippen LogP contribution >= 0.6 is 0 Å². The van der Waals surface area contributed by atoms with Crippen LogP contribution in [0.2, 0.25) is 0 Å². The molecule has 3 nitrogen and oxygen atoms in total. The third-order valence-corrected chi connectivity index (χ3v) is 3.02. The van der Waals surface area contributed by atoms with Crippen LogP contribution in [-0.4, -0.2) is 22.5 Å². The Bertz CT molecular complexity index is 381. The summed E-state index contributed by atoms with van der Waals surface area (Å²) in [6, 6.07) is 6.62. The maximum Gasteiger partial charge on any atom is 0.140 e. The molecule has 2 heterocycles. The maximum absolute atomic E-state index is 8.75. The number of nitrogens with zero attached hydrogens (tertiary/aromatic N) is 3. The normalized spacial score (nSPS) is 21.5. The molecule has 1 saturated heterocycles. The van der Waals surface area contributed by atoms with Gasteiger partial charge in [-0.3, -0.25) is 4.90 Å². The molecule has 0 radical (unpaired) electrons. The van der Waals surface area contributed by atoms with Gasteiger partial charge in [0.25, 0.3) is 0 Å². The summed E-state index contributed by atoms with van der Waals surface area (Å²) in [6.45, 7) is 4.38. The predicted molar refractivity (Wildman–Crippen MR) is 58.1 cm³/mol. The third-order valence-electron chi connectivity index (χ3n) is 3.02. The molecule has 0 bridgehead atoms. The molecule has 78 valence electrons. The van der Waals surface area contributed by atoms with Crippen LogP contribution in [0.5, 0.6) is 0 Å². The molecule has 1 unspecified atom stereocenters. The van der Waals surface area contributed by atoms with Gasteiger partial charge in [-0.1, -0.05) is 0 Å². The zero-order valence-electron chi connectivity index (χ0n) is 8.98. The van der Waals surface area contributed by atoms with Crippen LogP contribution in [0.15, 0.2) is 18.3 Å². The van der Waals surface area contributed by atoms with Gasteiger partial charge < -0.3 is 0 Å². The van der Waals surface area contributed by atoms with E-state index in [1.54, 1.807) is 6.20 Å². The van der Waals surface area contributed by atoms with Gasteiger partial charge in [0.2, 0.25) is 0 Å². The van der Waals surface area contributed by atoms with Crippen molar-refractivity contribution in [3.63, 3.8) is 0 Å². The smallest absolute Gasteiger partial charge is 0.140 e. The minimum Gasteiger partial charge on any atom is -0.296 e. The van der Waals surface area contributed by atoms with Crippen LogP contribution < -0.4 is 0 Å². The molecule has 0 amide bonds. The van der Waals surface area contributed by atoms with Gasteiger partial charge >= 0.3 is 0 Å². The van der Waals surface area contributed by atoms with Gasteiger partial charge in [0, 0.05) is 18.8 Å². The Morgan fingerprint density at radius 2 is 2.53 bits per heavy atom. The van der Waals surface area contributed by atoms with Crippen molar-refractivity contribution >= 4 is 0 Å². The van der Waals surface area contributed by atoms with E-state index in [4.69, 9.17) is 5.26 Å². The van der Waals surface area contributed by atoms with Crippen molar-refractivity contribution in [3.8, 4) is 6.07 Å². The molecule has 3 heteroatoms. The number of aromatic nitrogens is 1. The van der Waals surface area contributed by atoms with Gasteiger partial charge in [0.05, 0.1) is 0 Å². The minimum atomic E-state index is 0.513. The van der Waals surface area contributed by atoms with Crippen molar-refractivity contribution in [2.75, 3.05) is 6.54 Å². The summed E-state index contributed by atoms with van der Waals surface area (Å²) >= 11 is 0. The highest BCUT2D eigenvalue weighted by Gasteiger charge is 2.19. The largest absolute Gasteiger partial charge is 0.296 e. The Morgan fingerprint density at radius 3 is 3.20 bits per heavy atom. The fraction of sp³-hybridized carbons (Fsp3) is 0.500. The van der Waals surface area contributed by atoms with Crippen LogP contribution in [-0.2, 0) is 6.54 Å². The fourth-order valence-electron chi connectivity index (χ4n) is 2.10. The Balaban J connectivity index is 2.07. The molecule has 0 aliphatic carbocycles. The molecule has 1 aliphatic rings. The van der Waals surface area contributed by atoms with E-state index in [2.05, 4.69) is 22.9 Å². The monoisotopic (exact) mass is 201 g/mol. The second-order valence-electron chi connectivity index (χ2n) is 4.12. The van der Waals surface area contributed by atoms with Gasteiger partial charge in [-0.05, 0) is 44.0 Å². The lowest BCUT2D eigenvalue weighted by atomic mass is 10.2. The topological polar surface area (TPSA) is 39.9 Å². The molecule has 1 aromatic rings. The molecule has 0 N–H and O–H groups in total. The molecule has 1 fully saturated rings. The molecule has 15 heavy (non-hydrogen) atoms. The molecule has 2 rings (SSSR count). The number of hydrogen-bond donors (Lipinski definition) is 0. The average molecular weight is 201 g/mol. The van der Waals surface area contributed by atoms with E-state index < -0.39 is 0 Å². The van der Waals surface area contributed by atoms with Gasteiger partial charge in [-0.15, -0.1) is 0 Å². The molecular weight excluding hydrogens is 186 g/mol. The summed E-state index contributed by atoms with van der Waals surface area (Å²) in [7, 11) is 0. The van der Waals surface area contributed by atoms with Crippen LogP contribution in [0.3, 0.4) is 0 Å². The zero-order valence-corrected chi connectivity index (χ0v) is 8.98. The van der Waals surface area contributed by atoms with Crippen LogP contribution in [0, 0.1) is 11.3 Å². The quantitative estimate of drug-likeness (QED) is 0.734. The first-order valence-corrected chi connectivity index (χ1v) is 5.38. The van der Waals surface area contributed by atoms with E-state index in [9.17, 15) is 0 Å². The first kappa shape index (κ1) is 10.1. The van der Waals surface area contributed by atoms with E-state index in [0.717, 1.165) is 6.54 Å². The number of pyridine rings is 1. The van der Waals surface area contributed by atoms with Crippen molar-refractivity contribution in [2.24, 2.45) is 0 Å². The second-order valence-corrected chi connectivity index (χ2v) is 4.12. The predicted octanol–water partition coefficient (Wildman–Crippen LogP) is 1.94. The number of nitriles is 1. The third kappa shape index (κ3) is 2.34. The van der Waals surface area contributed by atoms with E-state index in [1.807, 2.05) is 12.1 Å². The Kier molecular flexibility index (Phi) is 2.98. The van der Waals surface area contributed by atoms with Gasteiger partial charge in [-0.2, -0.15) is 5.26 Å². The zero-order chi connectivity index (χ0) is 10.7. The lowest BCUT2D eigenvalue weighted by Gasteiger charge is -2.20. The summed E-state index contributed by atoms with van der Waals surface area (Å²) < 4.78 is 0. The van der Waals surface area contributed by atoms with Crippen molar-refractivity contribution in [2.45, 2.75) is 32.4 Å². The van der Waals surface area contributed by atoms with Gasteiger partial charge in [0.1, 0.15) is 11.8 Å². The molecule has 0 spiro atoms. The summed E-state index contributed by atoms with van der Waals surface area (Å²) in [6.07, 6.45) is 4.29. The van der Waals surface area contributed by atoms with Gasteiger partial charge in [0.15, 0.2) is 0 Å². The van der Waals surface area contributed by atoms with Crippen LogP contribution in [0.25, 0.3) is 0 Å². The SMILES string of the molecule is CC1CCCN1Cc1ccnc(C#N)c1. The number of likely N-dealkylation sites (tertiary alicyclic amines) is 1. The maximum atomic E-state index is 8.75.